The van der Waals surface area contributed by atoms with Crippen LogP contribution in [-0.4, -0.2) is 12.5 Å². The van der Waals surface area contributed by atoms with E-state index >= 15 is 0 Å². The van der Waals surface area contributed by atoms with Crippen LogP contribution in [0.2, 0.25) is 0 Å². The molecule has 0 aliphatic heterocycles. The summed E-state index contributed by atoms with van der Waals surface area (Å²) in [5.41, 5.74) is 0.304. The predicted molar refractivity (Wildman–Crippen MR) is 81.1 cm³/mol. The molecule has 0 aliphatic carbocycles. The van der Waals surface area contributed by atoms with Gasteiger partial charge >= 0.3 is 0 Å². The summed E-state index contributed by atoms with van der Waals surface area (Å²) in [7, 11) is 1.82. The second-order valence-corrected chi connectivity index (χ2v) is 5.89. The molecule has 0 saturated heterocycles. The highest BCUT2D eigenvalue weighted by atomic mass is 32.2. The van der Waals surface area contributed by atoms with Crippen LogP contribution in [0.3, 0.4) is 0 Å². The Balaban J connectivity index is 2.14. The van der Waals surface area contributed by atoms with Crippen molar-refractivity contribution in [2.24, 2.45) is 0 Å². The summed E-state index contributed by atoms with van der Waals surface area (Å²) < 4.78 is 5.54. The van der Waals surface area contributed by atoms with E-state index in [1.54, 1.807) is 0 Å². The maximum absolute atomic E-state index is 5.54. The van der Waals surface area contributed by atoms with Crippen LogP contribution in [0.4, 0.5) is 0 Å². The van der Waals surface area contributed by atoms with Gasteiger partial charge in [0, 0.05) is 12.0 Å². The lowest BCUT2D eigenvalue weighted by Gasteiger charge is -2.14. The van der Waals surface area contributed by atoms with Gasteiger partial charge in [0.25, 0.3) is 0 Å². The molecule has 0 radical (unpaired) electrons. The van der Waals surface area contributed by atoms with Crippen LogP contribution in [0, 0.1) is 0 Å². The van der Waals surface area contributed by atoms with Crippen LogP contribution >= 0.6 is 11.8 Å². The number of hydrogen-bond donors (Lipinski definition) is 0. The molecule has 1 aromatic rings. The fraction of sp³-hybridized carbons (Fsp3) is 0.625. The first-order valence-corrected chi connectivity index (χ1v) is 7.99. The Morgan fingerprint density at radius 2 is 1.67 bits per heavy atom. The van der Waals surface area contributed by atoms with E-state index in [9.17, 15) is 0 Å². The second kappa shape index (κ2) is 10.5. The third kappa shape index (κ3) is 7.07. The zero-order valence-corrected chi connectivity index (χ0v) is 12.5. The molecule has 1 rings (SSSR count). The first kappa shape index (κ1) is 15.6. The number of unbranched alkanes of at least 4 members (excludes halogenated alkanes) is 5. The number of hydrogen-bond acceptors (Lipinski definition) is 2. The molecule has 0 fully saturated rings. The molecule has 0 heterocycles. The normalized spacial score (nSPS) is 12.6. The molecule has 18 heavy (non-hydrogen) atoms. The van der Waals surface area contributed by atoms with Gasteiger partial charge < -0.3 is 4.74 Å². The highest BCUT2D eigenvalue weighted by molar-refractivity contribution is 7.99. The van der Waals surface area contributed by atoms with E-state index in [0.717, 1.165) is 6.42 Å². The van der Waals surface area contributed by atoms with Gasteiger partial charge in [-0.15, -0.1) is 0 Å². The van der Waals surface area contributed by atoms with Crippen LogP contribution < -0.4 is 0 Å². The summed E-state index contributed by atoms with van der Waals surface area (Å²) >= 11 is 1.83. The fourth-order valence-electron chi connectivity index (χ4n) is 1.97. The highest BCUT2D eigenvalue weighted by Gasteiger charge is 2.08. The maximum Gasteiger partial charge on any atom is 0.107 e. The molecular weight excluding hydrogens is 240 g/mol. The van der Waals surface area contributed by atoms with Crippen LogP contribution in [0.25, 0.3) is 0 Å². The Hall–Kier alpha value is -0.470. The van der Waals surface area contributed by atoms with E-state index in [0.29, 0.717) is 5.44 Å². The highest BCUT2D eigenvalue weighted by Crippen LogP contribution is 2.27. The summed E-state index contributed by atoms with van der Waals surface area (Å²) in [5, 5.41) is 0. The molecule has 0 saturated carbocycles. The minimum atomic E-state index is 0.304. The average molecular weight is 266 g/mol. The van der Waals surface area contributed by atoms with Gasteiger partial charge in [-0.2, -0.15) is 0 Å². The minimum absolute atomic E-state index is 0.304. The largest absolute Gasteiger partial charge is 0.370 e. The molecule has 2 heteroatoms. The molecule has 1 unspecified atom stereocenters. The van der Waals surface area contributed by atoms with E-state index < -0.39 is 0 Å². The molecule has 1 aromatic carbocycles. The quantitative estimate of drug-likeness (QED) is 0.314. The lowest BCUT2D eigenvalue weighted by molar-refractivity contribution is 0.163. The van der Waals surface area contributed by atoms with Gasteiger partial charge in [0.05, 0.1) is 0 Å². The van der Waals surface area contributed by atoms with Crippen molar-refractivity contribution in [3.63, 3.8) is 0 Å². The predicted octanol–water partition coefficient (Wildman–Crippen LogP) is 5.50. The second-order valence-electron chi connectivity index (χ2n) is 4.65. The fourth-order valence-corrected chi connectivity index (χ4v) is 2.97. The molecule has 1 nitrogen and oxygen atoms in total. The van der Waals surface area contributed by atoms with Crippen molar-refractivity contribution < 1.29 is 4.74 Å². The molecule has 0 amide bonds. The van der Waals surface area contributed by atoms with Crippen molar-refractivity contribution >= 4 is 11.8 Å². The van der Waals surface area contributed by atoms with Crippen molar-refractivity contribution in [1.29, 1.82) is 0 Å². The van der Waals surface area contributed by atoms with Crippen molar-refractivity contribution in [3.8, 4) is 0 Å². The molecule has 0 aliphatic rings. The van der Waals surface area contributed by atoms with Gasteiger partial charge in [0.15, 0.2) is 0 Å². The third-order valence-electron chi connectivity index (χ3n) is 3.07. The monoisotopic (exact) mass is 266 g/mol. The lowest BCUT2D eigenvalue weighted by atomic mass is 10.1. The Kier molecular flexibility index (Phi) is 9.05. The van der Waals surface area contributed by atoms with Gasteiger partial charge in [-0.05, 0) is 25.0 Å². The van der Waals surface area contributed by atoms with E-state index in [1.165, 1.54) is 43.4 Å². The zero-order chi connectivity index (χ0) is 13.1. The Labute approximate surface area is 116 Å². The smallest absolute Gasteiger partial charge is 0.107 e. The van der Waals surface area contributed by atoms with Crippen molar-refractivity contribution in [2.75, 3.05) is 7.11 Å². The SMILES string of the molecule is CCCCCCCCC(OC)Sc1ccccc1. The summed E-state index contributed by atoms with van der Waals surface area (Å²) in [4.78, 5) is 1.30. The van der Waals surface area contributed by atoms with Crippen LogP contribution in [-0.2, 0) is 4.74 Å². The van der Waals surface area contributed by atoms with Crippen molar-refractivity contribution in [2.45, 2.75) is 62.2 Å². The Morgan fingerprint density at radius 1 is 1.00 bits per heavy atom. The molecule has 1 atom stereocenters. The van der Waals surface area contributed by atoms with Gasteiger partial charge in [-0.25, -0.2) is 0 Å². The first-order valence-electron chi connectivity index (χ1n) is 7.11. The van der Waals surface area contributed by atoms with Crippen LogP contribution in [0.15, 0.2) is 35.2 Å². The van der Waals surface area contributed by atoms with E-state index in [2.05, 4.69) is 37.3 Å². The van der Waals surface area contributed by atoms with E-state index in [4.69, 9.17) is 4.74 Å². The van der Waals surface area contributed by atoms with Gasteiger partial charge in [0.2, 0.25) is 0 Å². The number of ether oxygens (including phenoxy) is 1. The van der Waals surface area contributed by atoms with E-state index in [1.807, 2.05) is 18.9 Å². The topological polar surface area (TPSA) is 9.23 Å². The van der Waals surface area contributed by atoms with Crippen LogP contribution in [0.1, 0.15) is 51.9 Å². The molecule has 0 aromatic heterocycles. The Bertz CT molecular complexity index is 286. The number of rotatable bonds is 10. The lowest BCUT2D eigenvalue weighted by Crippen LogP contribution is -2.04. The molecule has 0 bridgehead atoms. The zero-order valence-electron chi connectivity index (χ0n) is 11.7. The molecule has 0 N–H and O–H groups in total. The third-order valence-corrected chi connectivity index (χ3v) is 4.30. The molecule has 0 spiro atoms. The van der Waals surface area contributed by atoms with Gasteiger partial charge in [-0.1, -0.05) is 69.0 Å². The van der Waals surface area contributed by atoms with Gasteiger partial charge in [-0.3, -0.25) is 0 Å². The summed E-state index contributed by atoms with van der Waals surface area (Å²) in [6.07, 6.45) is 9.25. The number of benzene rings is 1. The number of methoxy groups -OCH3 is 1. The van der Waals surface area contributed by atoms with Crippen molar-refractivity contribution in [3.05, 3.63) is 30.3 Å². The first-order chi connectivity index (χ1) is 8.86. The van der Waals surface area contributed by atoms with Crippen LogP contribution in [0.5, 0.6) is 0 Å². The Morgan fingerprint density at radius 3 is 2.33 bits per heavy atom. The minimum Gasteiger partial charge on any atom is -0.370 e. The maximum atomic E-state index is 5.54. The summed E-state index contributed by atoms with van der Waals surface area (Å²) in [6, 6.07) is 10.5. The van der Waals surface area contributed by atoms with E-state index in [-0.39, 0.29) is 0 Å². The summed E-state index contributed by atoms with van der Waals surface area (Å²) in [5.74, 6) is 0. The molecular formula is C16H26OS. The number of thioether (sulfide) groups is 1. The van der Waals surface area contributed by atoms with Crippen molar-refractivity contribution in [1.82, 2.24) is 0 Å². The average Bonchev–Trinajstić information content (AvgIpc) is 2.42. The molecule has 102 valence electrons. The standard InChI is InChI=1S/C16H26OS/c1-3-4-5-6-7-11-14-16(17-2)18-15-12-9-8-10-13-15/h8-10,12-13,16H,3-7,11,14H2,1-2H3. The summed E-state index contributed by atoms with van der Waals surface area (Å²) in [6.45, 7) is 2.26. The van der Waals surface area contributed by atoms with Gasteiger partial charge in [0.1, 0.15) is 5.44 Å².